The van der Waals surface area contributed by atoms with E-state index in [1.807, 2.05) is 13.8 Å². The summed E-state index contributed by atoms with van der Waals surface area (Å²) in [5.41, 5.74) is 0. The van der Waals surface area contributed by atoms with Gasteiger partial charge in [0, 0.05) is 6.54 Å². The molecule has 0 aliphatic rings. The Hall–Kier alpha value is -0.620. The minimum absolute atomic E-state index is 0.0299. The second-order valence-corrected chi connectivity index (χ2v) is 5.45. The number of aliphatic carboxylic acids is 1. The second kappa shape index (κ2) is 6.79. The van der Waals surface area contributed by atoms with Gasteiger partial charge >= 0.3 is 5.97 Å². The number of hydrogen-bond acceptors (Lipinski definition) is 3. The van der Waals surface area contributed by atoms with Gasteiger partial charge in [-0.15, -0.1) is 0 Å². The molecule has 0 amide bonds. The molecular weight excluding hydrogens is 218 g/mol. The first-order chi connectivity index (χ1) is 6.94. The van der Waals surface area contributed by atoms with Crippen LogP contribution in [0.15, 0.2) is 0 Å². The quantitative estimate of drug-likeness (QED) is 0.658. The summed E-state index contributed by atoms with van der Waals surface area (Å²) in [5.74, 6) is -0.999. The average molecular weight is 237 g/mol. The van der Waals surface area contributed by atoms with Crippen molar-refractivity contribution in [2.45, 2.75) is 44.8 Å². The Bertz CT molecular complexity index is 286. The molecule has 1 unspecified atom stereocenters. The summed E-state index contributed by atoms with van der Waals surface area (Å²) in [6.45, 7) is 3.71. The maximum atomic E-state index is 11.6. The number of hydrogen-bond donors (Lipinski definition) is 2. The van der Waals surface area contributed by atoms with Crippen LogP contribution in [0.1, 0.15) is 39.5 Å². The third-order valence-electron chi connectivity index (χ3n) is 2.15. The van der Waals surface area contributed by atoms with E-state index < -0.39 is 21.2 Å². The first kappa shape index (κ1) is 14.4. The molecule has 1 atom stereocenters. The molecule has 0 aromatic heterocycles. The molecule has 0 radical (unpaired) electrons. The number of carbonyl (C=O) groups is 1. The SMILES string of the molecule is CCCC(CC)S(=O)(=O)NCCC(=O)O. The highest BCUT2D eigenvalue weighted by molar-refractivity contribution is 7.90. The predicted molar refractivity (Wildman–Crippen MR) is 58.2 cm³/mol. The van der Waals surface area contributed by atoms with Gasteiger partial charge in [-0.25, -0.2) is 13.1 Å². The van der Waals surface area contributed by atoms with Gasteiger partial charge in [0.25, 0.3) is 0 Å². The van der Waals surface area contributed by atoms with Crippen molar-refractivity contribution in [1.29, 1.82) is 0 Å². The normalized spacial score (nSPS) is 13.7. The van der Waals surface area contributed by atoms with E-state index in [1.165, 1.54) is 0 Å². The van der Waals surface area contributed by atoms with Gasteiger partial charge in [-0.1, -0.05) is 20.3 Å². The fraction of sp³-hybridized carbons (Fsp3) is 0.889. The maximum absolute atomic E-state index is 11.6. The maximum Gasteiger partial charge on any atom is 0.304 e. The predicted octanol–water partition coefficient (Wildman–Crippen LogP) is 0.959. The zero-order valence-electron chi connectivity index (χ0n) is 9.19. The summed E-state index contributed by atoms with van der Waals surface area (Å²) in [4.78, 5) is 10.2. The van der Waals surface area contributed by atoms with Crippen molar-refractivity contribution in [3.63, 3.8) is 0 Å². The Labute approximate surface area is 90.9 Å². The lowest BCUT2D eigenvalue weighted by molar-refractivity contribution is -0.136. The molecule has 6 heteroatoms. The van der Waals surface area contributed by atoms with Gasteiger partial charge in [-0.05, 0) is 12.8 Å². The van der Waals surface area contributed by atoms with Crippen LogP contribution in [0.25, 0.3) is 0 Å². The summed E-state index contributed by atoms with van der Waals surface area (Å²) in [5, 5.41) is 7.97. The molecule has 2 N–H and O–H groups in total. The lowest BCUT2D eigenvalue weighted by Crippen LogP contribution is -2.35. The molecule has 15 heavy (non-hydrogen) atoms. The highest BCUT2D eigenvalue weighted by atomic mass is 32.2. The zero-order chi connectivity index (χ0) is 11.9. The van der Waals surface area contributed by atoms with Crippen LogP contribution >= 0.6 is 0 Å². The largest absolute Gasteiger partial charge is 0.481 e. The van der Waals surface area contributed by atoms with Crippen molar-refractivity contribution < 1.29 is 18.3 Å². The molecule has 0 aromatic rings. The highest BCUT2D eigenvalue weighted by Gasteiger charge is 2.22. The van der Waals surface area contributed by atoms with Crippen molar-refractivity contribution in [1.82, 2.24) is 4.72 Å². The van der Waals surface area contributed by atoms with Crippen LogP contribution in [0.4, 0.5) is 0 Å². The molecule has 0 rings (SSSR count). The number of nitrogens with one attached hydrogen (secondary N) is 1. The van der Waals surface area contributed by atoms with Crippen molar-refractivity contribution in [3.8, 4) is 0 Å². The van der Waals surface area contributed by atoms with Gasteiger partial charge in [-0.2, -0.15) is 0 Å². The number of carboxylic acids is 1. The minimum Gasteiger partial charge on any atom is -0.481 e. The van der Waals surface area contributed by atoms with E-state index in [1.54, 1.807) is 0 Å². The third kappa shape index (κ3) is 5.74. The van der Waals surface area contributed by atoms with Crippen LogP contribution in [0.3, 0.4) is 0 Å². The summed E-state index contributed by atoms with van der Waals surface area (Å²) < 4.78 is 25.6. The fourth-order valence-corrected chi connectivity index (χ4v) is 2.93. The fourth-order valence-electron chi connectivity index (χ4n) is 1.32. The van der Waals surface area contributed by atoms with Gasteiger partial charge < -0.3 is 5.11 Å². The van der Waals surface area contributed by atoms with Crippen LogP contribution in [0, 0.1) is 0 Å². The van der Waals surface area contributed by atoms with Gasteiger partial charge in [-0.3, -0.25) is 4.79 Å². The molecule has 0 heterocycles. The smallest absolute Gasteiger partial charge is 0.304 e. The first-order valence-corrected chi connectivity index (χ1v) is 6.69. The zero-order valence-corrected chi connectivity index (χ0v) is 10.0. The second-order valence-electron chi connectivity index (χ2n) is 3.40. The van der Waals surface area contributed by atoms with Crippen LogP contribution in [0.2, 0.25) is 0 Å². The Morgan fingerprint density at radius 3 is 2.40 bits per heavy atom. The summed E-state index contributed by atoms with van der Waals surface area (Å²) in [6, 6.07) is 0. The first-order valence-electron chi connectivity index (χ1n) is 5.14. The van der Waals surface area contributed by atoms with E-state index in [-0.39, 0.29) is 13.0 Å². The number of rotatable bonds is 8. The summed E-state index contributed by atoms with van der Waals surface area (Å²) in [7, 11) is -3.34. The van der Waals surface area contributed by atoms with E-state index >= 15 is 0 Å². The molecular formula is C9H19NO4S. The Morgan fingerprint density at radius 1 is 1.40 bits per heavy atom. The lowest BCUT2D eigenvalue weighted by atomic mass is 10.2. The van der Waals surface area contributed by atoms with Gasteiger partial charge in [0.15, 0.2) is 0 Å². The van der Waals surface area contributed by atoms with Crippen molar-refractivity contribution in [3.05, 3.63) is 0 Å². The van der Waals surface area contributed by atoms with Gasteiger partial charge in [0.2, 0.25) is 10.0 Å². The summed E-state index contributed by atoms with van der Waals surface area (Å²) >= 11 is 0. The Balaban J connectivity index is 4.20. The number of carboxylic acid groups (broad SMARTS) is 1. The molecule has 5 nitrogen and oxygen atoms in total. The highest BCUT2D eigenvalue weighted by Crippen LogP contribution is 2.10. The van der Waals surface area contributed by atoms with E-state index in [9.17, 15) is 13.2 Å². The molecule has 0 saturated heterocycles. The van der Waals surface area contributed by atoms with Crippen molar-refractivity contribution >= 4 is 16.0 Å². The Kier molecular flexibility index (Phi) is 6.51. The van der Waals surface area contributed by atoms with Crippen LogP contribution in [-0.4, -0.2) is 31.3 Å². The molecule has 0 spiro atoms. The third-order valence-corrected chi connectivity index (χ3v) is 4.20. The molecule has 0 saturated carbocycles. The van der Waals surface area contributed by atoms with E-state index in [0.717, 1.165) is 6.42 Å². The lowest BCUT2D eigenvalue weighted by Gasteiger charge is -2.15. The Morgan fingerprint density at radius 2 is 2.00 bits per heavy atom. The van der Waals surface area contributed by atoms with Crippen LogP contribution in [0.5, 0.6) is 0 Å². The topological polar surface area (TPSA) is 83.5 Å². The molecule has 0 aromatic carbocycles. The molecule has 90 valence electrons. The standard InChI is InChI=1S/C9H19NO4S/c1-3-5-8(4-2)15(13,14)10-7-6-9(11)12/h8,10H,3-7H2,1-2H3,(H,11,12). The number of sulfonamides is 1. The molecule has 0 aliphatic carbocycles. The van der Waals surface area contributed by atoms with Crippen molar-refractivity contribution in [2.75, 3.05) is 6.54 Å². The van der Waals surface area contributed by atoms with Crippen molar-refractivity contribution in [2.24, 2.45) is 0 Å². The molecule has 0 aliphatic heterocycles. The average Bonchev–Trinajstić information content (AvgIpc) is 2.12. The van der Waals surface area contributed by atoms with Crippen LogP contribution < -0.4 is 4.72 Å². The van der Waals surface area contributed by atoms with Crippen LogP contribution in [-0.2, 0) is 14.8 Å². The summed E-state index contributed by atoms with van der Waals surface area (Å²) in [6.07, 6.45) is 1.79. The van der Waals surface area contributed by atoms with Gasteiger partial charge in [0.05, 0.1) is 11.7 Å². The van der Waals surface area contributed by atoms with E-state index in [0.29, 0.717) is 12.8 Å². The minimum atomic E-state index is -3.34. The molecule has 0 fully saturated rings. The van der Waals surface area contributed by atoms with E-state index in [4.69, 9.17) is 5.11 Å². The van der Waals surface area contributed by atoms with E-state index in [2.05, 4.69) is 4.72 Å². The monoisotopic (exact) mass is 237 g/mol. The van der Waals surface area contributed by atoms with Gasteiger partial charge in [0.1, 0.15) is 0 Å². The molecule has 0 bridgehead atoms.